The lowest BCUT2D eigenvalue weighted by atomic mass is 10.1. The topological polar surface area (TPSA) is 17.1 Å². The van der Waals surface area contributed by atoms with Crippen molar-refractivity contribution >= 4 is 28.4 Å². The summed E-state index contributed by atoms with van der Waals surface area (Å²) in [6.07, 6.45) is 0. The molecule has 0 aromatic heterocycles. The van der Waals surface area contributed by atoms with Gasteiger partial charge in [0.25, 0.3) is 0 Å². The first-order valence-electron chi connectivity index (χ1n) is 3.84. The van der Waals surface area contributed by atoms with Gasteiger partial charge in [-0.2, -0.15) is 0 Å². The lowest BCUT2D eigenvalue weighted by molar-refractivity contribution is -0.109. The summed E-state index contributed by atoms with van der Waals surface area (Å²) < 4.78 is 0. The summed E-state index contributed by atoms with van der Waals surface area (Å²) in [5.74, 6) is -0.0957. The van der Waals surface area contributed by atoms with Gasteiger partial charge in [-0.1, -0.05) is 24.3 Å². The Bertz CT molecular complexity index is 250. The molecule has 0 aliphatic rings. The molecule has 0 unspecified atom stereocenters. The van der Waals surface area contributed by atoms with Crippen LogP contribution in [0, 0.1) is 13.8 Å². The summed E-state index contributed by atoms with van der Waals surface area (Å²) in [4.78, 5) is 9.45. The predicted octanol–water partition coefficient (Wildman–Crippen LogP) is 3.29. The first-order valence-corrected chi connectivity index (χ1v) is 4.75. The fourth-order valence-electron chi connectivity index (χ4n) is 0.663. The van der Waals surface area contributed by atoms with E-state index in [1.54, 1.807) is 0 Å². The number of rotatable bonds is 1. The van der Waals surface area contributed by atoms with Gasteiger partial charge in [-0.3, -0.25) is 4.79 Å². The normalized spacial score (nSPS) is 8.62. The molecular formula is C10H12Cl2O. The van der Waals surface area contributed by atoms with Crippen LogP contribution in [0.1, 0.15) is 11.1 Å². The molecule has 0 radical (unpaired) electrons. The molecule has 0 aliphatic heterocycles. The fourth-order valence-corrected chi connectivity index (χ4v) is 0.663. The maximum atomic E-state index is 9.45. The van der Waals surface area contributed by atoms with Crippen molar-refractivity contribution in [2.45, 2.75) is 13.8 Å². The van der Waals surface area contributed by atoms with E-state index < -0.39 is 5.24 Å². The molecule has 3 heteroatoms. The Kier molecular flexibility index (Phi) is 6.65. The second kappa shape index (κ2) is 6.93. The molecule has 72 valence electrons. The highest BCUT2D eigenvalue weighted by Gasteiger charge is 1.84. The number of halogens is 2. The van der Waals surface area contributed by atoms with E-state index in [1.807, 2.05) is 0 Å². The van der Waals surface area contributed by atoms with Crippen molar-refractivity contribution < 1.29 is 4.79 Å². The van der Waals surface area contributed by atoms with Gasteiger partial charge in [0.05, 0.1) is 5.88 Å². The van der Waals surface area contributed by atoms with Crippen LogP contribution in [0.15, 0.2) is 24.3 Å². The molecule has 0 saturated heterocycles. The van der Waals surface area contributed by atoms with Crippen LogP contribution in [-0.2, 0) is 4.79 Å². The monoisotopic (exact) mass is 218 g/mol. The van der Waals surface area contributed by atoms with Gasteiger partial charge < -0.3 is 0 Å². The minimum atomic E-state index is -0.508. The maximum absolute atomic E-state index is 9.45. The zero-order chi connectivity index (χ0) is 10.3. The summed E-state index contributed by atoms with van der Waals surface area (Å²) in [6.45, 7) is 4.24. The number of hydrogen-bond donors (Lipinski definition) is 0. The first-order chi connectivity index (χ1) is 6.07. The lowest BCUT2D eigenvalue weighted by Gasteiger charge is -1.93. The lowest BCUT2D eigenvalue weighted by Crippen LogP contribution is -1.81. The average molecular weight is 219 g/mol. The van der Waals surface area contributed by atoms with E-state index >= 15 is 0 Å². The smallest absolute Gasteiger partial charge is 0.236 e. The Morgan fingerprint density at radius 1 is 1.23 bits per heavy atom. The Balaban J connectivity index is 0.000000252. The summed E-state index contributed by atoms with van der Waals surface area (Å²) >= 11 is 9.55. The van der Waals surface area contributed by atoms with Crippen molar-refractivity contribution in [3.8, 4) is 0 Å². The summed E-state index contributed by atoms with van der Waals surface area (Å²) in [6, 6.07) is 8.36. The quantitative estimate of drug-likeness (QED) is 0.523. The molecule has 0 heterocycles. The van der Waals surface area contributed by atoms with Crippen LogP contribution in [0.25, 0.3) is 0 Å². The molecule has 13 heavy (non-hydrogen) atoms. The Morgan fingerprint density at radius 2 is 1.54 bits per heavy atom. The van der Waals surface area contributed by atoms with E-state index in [9.17, 15) is 4.79 Å². The van der Waals surface area contributed by atoms with E-state index in [1.165, 1.54) is 11.1 Å². The van der Waals surface area contributed by atoms with Crippen LogP contribution >= 0.6 is 23.2 Å². The minimum Gasteiger partial charge on any atom is -0.280 e. The standard InChI is InChI=1S/C8H10.C2H2Cl2O/c1-7-5-3-4-6-8(7)2;3-1-2(4)5/h3-6H,1-2H3;1H2. The predicted molar refractivity (Wildman–Crippen MR) is 57.5 cm³/mol. The van der Waals surface area contributed by atoms with E-state index in [2.05, 4.69) is 38.1 Å². The third kappa shape index (κ3) is 6.62. The van der Waals surface area contributed by atoms with E-state index in [-0.39, 0.29) is 5.88 Å². The molecule has 1 aromatic rings. The van der Waals surface area contributed by atoms with Gasteiger partial charge in [-0.15, -0.1) is 11.6 Å². The third-order valence-electron chi connectivity index (χ3n) is 1.53. The third-order valence-corrected chi connectivity index (χ3v) is 2.04. The highest BCUT2D eigenvalue weighted by molar-refractivity contribution is 6.67. The first kappa shape index (κ1) is 12.5. The van der Waals surface area contributed by atoms with Crippen LogP contribution < -0.4 is 0 Å². The van der Waals surface area contributed by atoms with Crippen LogP contribution in [0.3, 0.4) is 0 Å². The number of alkyl halides is 1. The van der Waals surface area contributed by atoms with Crippen molar-refractivity contribution in [3.05, 3.63) is 35.4 Å². The largest absolute Gasteiger partial charge is 0.280 e. The van der Waals surface area contributed by atoms with Crippen molar-refractivity contribution in [3.63, 3.8) is 0 Å². The SMILES string of the molecule is Cc1ccccc1C.O=C(Cl)CCl. The Morgan fingerprint density at radius 3 is 1.69 bits per heavy atom. The van der Waals surface area contributed by atoms with Crippen LogP contribution in [-0.4, -0.2) is 11.1 Å². The highest BCUT2D eigenvalue weighted by Crippen LogP contribution is 2.02. The van der Waals surface area contributed by atoms with Crippen LogP contribution in [0.5, 0.6) is 0 Å². The van der Waals surface area contributed by atoms with Crippen molar-refractivity contribution in [1.82, 2.24) is 0 Å². The number of hydrogen-bond acceptors (Lipinski definition) is 1. The molecule has 0 bridgehead atoms. The van der Waals surface area contributed by atoms with E-state index in [0.29, 0.717) is 0 Å². The molecule has 1 nitrogen and oxygen atoms in total. The van der Waals surface area contributed by atoms with Crippen LogP contribution in [0.4, 0.5) is 0 Å². The van der Waals surface area contributed by atoms with Gasteiger partial charge in [0, 0.05) is 0 Å². The molecule has 0 spiro atoms. The number of benzene rings is 1. The van der Waals surface area contributed by atoms with Gasteiger partial charge >= 0.3 is 0 Å². The summed E-state index contributed by atoms with van der Waals surface area (Å²) in [5, 5.41) is -0.508. The zero-order valence-corrected chi connectivity index (χ0v) is 9.19. The average Bonchev–Trinajstić information content (AvgIpc) is 2.11. The fraction of sp³-hybridized carbons (Fsp3) is 0.300. The minimum absolute atomic E-state index is 0.0957. The van der Waals surface area contributed by atoms with Gasteiger partial charge in [0.15, 0.2) is 0 Å². The molecular weight excluding hydrogens is 207 g/mol. The second-order valence-electron chi connectivity index (χ2n) is 2.57. The molecule has 1 rings (SSSR count). The number of carbonyl (C=O) groups is 1. The number of aryl methyl sites for hydroxylation is 2. The van der Waals surface area contributed by atoms with Crippen LogP contribution in [0.2, 0.25) is 0 Å². The van der Waals surface area contributed by atoms with Crippen molar-refractivity contribution in [1.29, 1.82) is 0 Å². The molecule has 0 fully saturated rings. The van der Waals surface area contributed by atoms with Gasteiger partial charge in [-0.25, -0.2) is 0 Å². The molecule has 0 saturated carbocycles. The van der Waals surface area contributed by atoms with Crippen molar-refractivity contribution in [2.75, 3.05) is 5.88 Å². The molecule has 1 aromatic carbocycles. The molecule has 0 aliphatic carbocycles. The number of carbonyl (C=O) groups excluding carboxylic acids is 1. The zero-order valence-electron chi connectivity index (χ0n) is 7.68. The Labute approximate surface area is 88.7 Å². The van der Waals surface area contributed by atoms with Gasteiger partial charge in [-0.05, 0) is 36.6 Å². The molecule has 0 atom stereocenters. The van der Waals surface area contributed by atoms with Crippen molar-refractivity contribution in [2.24, 2.45) is 0 Å². The van der Waals surface area contributed by atoms with E-state index in [4.69, 9.17) is 23.2 Å². The van der Waals surface area contributed by atoms with Gasteiger partial charge in [0.2, 0.25) is 5.24 Å². The van der Waals surface area contributed by atoms with Gasteiger partial charge in [0.1, 0.15) is 0 Å². The second-order valence-corrected chi connectivity index (χ2v) is 3.26. The highest BCUT2D eigenvalue weighted by atomic mass is 35.5. The molecule has 0 amide bonds. The van der Waals surface area contributed by atoms with E-state index in [0.717, 1.165) is 0 Å². The maximum Gasteiger partial charge on any atom is 0.236 e. The summed E-state index contributed by atoms with van der Waals surface area (Å²) in [7, 11) is 0. The Hall–Kier alpha value is -0.530. The summed E-state index contributed by atoms with van der Waals surface area (Å²) in [5.41, 5.74) is 2.74. The molecule has 0 N–H and O–H groups in total.